The summed E-state index contributed by atoms with van der Waals surface area (Å²) in [4.78, 5) is 1.02. The first-order valence-corrected chi connectivity index (χ1v) is 7.36. The van der Waals surface area contributed by atoms with Crippen LogP contribution in [0.2, 0.25) is 0 Å². The van der Waals surface area contributed by atoms with E-state index in [2.05, 4.69) is 40.6 Å². The first kappa shape index (κ1) is 12.9. The Morgan fingerprint density at radius 1 is 1.18 bits per heavy atom. The average molecular weight is 289 g/mol. The molecule has 0 N–H and O–H groups in total. The fourth-order valence-corrected chi connectivity index (χ4v) is 3.41. The number of aromatic nitrogens is 4. The van der Waals surface area contributed by atoms with Crippen molar-refractivity contribution in [3.8, 4) is 9.88 Å². The van der Waals surface area contributed by atoms with Crippen molar-refractivity contribution in [1.29, 1.82) is 0 Å². The number of hydrogen-bond acceptors (Lipinski definition) is 6. The first-order chi connectivity index (χ1) is 8.02. The number of hydrogen-bond donors (Lipinski definition) is 0. The minimum absolute atomic E-state index is 0.0271. The number of alkyl halides is 1. The third kappa shape index (κ3) is 2.81. The highest BCUT2D eigenvalue weighted by molar-refractivity contribution is 7.19. The lowest BCUT2D eigenvalue weighted by atomic mass is 9.91. The minimum atomic E-state index is -0.0271. The zero-order valence-electron chi connectivity index (χ0n) is 9.90. The van der Waals surface area contributed by atoms with Crippen LogP contribution in [0.25, 0.3) is 9.88 Å². The van der Waals surface area contributed by atoms with E-state index in [1.807, 2.05) is 0 Å². The van der Waals surface area contributed by atoms with Gasteiger partial charge in [-0.3, -0.25) is 0 Å². The van der Waals surface area contributed by atoms with Crippen LogP contribution in [0.3, 0.4) is 0 Å². The molecule has 0 aliphatic heterocycles. The predicted molar refractivity (Wildman–Crippen MR) is 71.9 cm³/mol. The molecule has 0 spiro atoms. The van der Waals surface area contributed by atoms with Gasteiger partial charge >= 0.3 is 0 Å². The number of halogens is 1. The quantitative estimate of drug-likeness (QED) is 0.814. The number of aryl methyl sites for hydroxylation is 1. The van der Waals surface area contributed by atoms with Gasteiger partial charge in [0.05, 0.1) is 5.69 Å². The van der Waals surface area contributed by atoms with Crippen molar-refractivity contribution in [2.75, 3.05) is 5.88 Å². The van der Waals surface area contributed by atoms with Gasteiger partial charge in [-0.2, -0.15) is 0 Å². The Morgan fingerprint density at radius 3 is 2.59 bits per heavy atom. The lowest BCUT2D eigenvalue weighted by Crippen LogP contribution is -2.12. The fraction of sp³-hybridized carbons (Fsp3) is 0.600. The van der Waals surface area contributed by atoms with Crippen LogP contribution in [0.4, 0.5) is 0 Å². The summed E-state index contributed by atoms with van der Waals surface area (Å²) >= 11 is 8.63. The molecule has 0 amide bonds. The van der Waals surface area contributed by atoms with E-state index < -0.39 is 0 Å². The van der Waals surface area contributed by atoms with Gasteiger partial charge in [0.15, 0.2) is 5.01 Å². The van der Waals surface area contributed by atoms with Crippen LogP contribution in [-0.2, 0) is 11.8 Å². The zero-order chi connectivity index (χ0) is 12.5. The molecule has 0 atom stereocenters. The van der Waals surface area contributed by atoms with Crippen molar-refractivity contribution in [2.45, 2.75) is 32.6 Å². The molecule has 0 saturated heterocycles. The summed E-state index contributed by atoms with van der Waals surface area (Å²) in [6.07, 6.45) is 0.760. The Bertz CT molecular complexity index is 500. The molecule has 0 aliphatic rings. The Kier molecular flexibility index (Phi) is 3.75. The summed E-state index contributed by atoms with van der Waals surface area (Å²) in [7, 11) is 0. The third-order valence-electron chi connectivity index (χ3n) is 2.17. The van der Waals surface area contributed by atoms with Gasteiger partial charge in [-0.05, 0) is 11.5 Å². The van der Waals surface area contributed by atoms with Crippen molar-refractivity contribution in [3.63, 3.8) is 0 Å². The molecule has 0 aliphatic carbocycles. The molecule has 0 radical (unpaired) electrons. The van der Waals surface area contributed by atoms with E-state index in [1.54, 1.807) is 11.3 Å². The predicted octanol–water partition coefficient (Wildman–Crippen LogP) is 3.14. The number of nitrogens with zero attached hydrogens (tertiary/aromatic N) is 4. The van der Waals surface area contributed by atoms with Crippen LogP contribution in [0.1, 0.15) is 31.5 Å². The Morgan fingerprint density at radius 2 is 1.94 bits per heavy atom. The maximum absolute atomic E-state index is 5.69. The van der Waals surface area contributed by atoms with Crippen LogP contribution in [0.5, 0.6) is 0 Å². The van der Waals surface area contributed by atoms with Gasteiger partial charge in [0.1, 0.15) is 9.88 Å². The monoisotopic (exact) mass is 288 g/mol. The molecule has 2 heterocycles. The van der Waals surface area contributed by atoms with E-state index in [-0.39, 0.29) is 5.41 Å². The van der Waals surface area contributed by atoms with E-state index in [1.165, 1.54) is 11.5 Å². The second-order valence-electron chi connectivity index (χ2n) is 4.64. The highest BCUT2D eigenvalue weighted by Gasteiger charge is 2.25. The molecule has 2 rings (SSSR count). The molecule has 17 heavy (non-hydrogen) atoms. The van der Waals surface area contributed by atoms with Gasteiger partial charge < -0.3 is 0 Å². The van der Waals surface area contributed by atoms with Crippen LogP contribution >= 0.6 is 34.5 Å². The fourth-order valence-electron chi connectivity index (χ4n) is 1.35. The number of rotatable bonds is 3. The molecular weight excluding hydrogens is 276 g/mol. The Balaban J connectivity index is 2.36. The summed E-state index contributed by atoms with van der Waals surface area (Å²) < 4.78 is 4.02. The molecule has 0 bridgehead atoms. The molecular formula is C10H13ClN4S2. The van der Waals surface area contributed by atoms with Crippen LogP contribution in [0.15, 0.2) is 0 Å². The molecule has 7 heteroatoms. The largest absolute Gasteiger partial charge is 0.161 e. The van der Waals surface area contributed by atoms with Gasteiger partial charge in [-0.1, -0.05) is 36.6 Å². The Labute approximate surface area is 113 Å². The average Bonchev–Trinajstić information content (AvgIpc) is 2.82. The molecule has 0 fully saturated rings. The normalized spacial score (nSPS) is 12.0. The standard InChI is InChI=1S/C10H13ClN4S2/c1-10(2,3)8-7(17-15-13-8)9-14-12-6(16-9)4-5-11/h4-5H2,1-3H3. The van der Waals surface area contributed by atoms with E-state index in [4.69, 9.17) is 11.6 Å². The summed E-state index contributed by atoms with van der Waals surface area (Å²) in [6, 6.07) is 0. The second kappa shape index (κ2) is 4.96. The zero-order valence-corrected chi connectivity index (χ0v) is 12.3. The highest BCUT2D eigenvalue weighted by Crippen LogP contribution is 2.35. The smallest absolute Gasteiger partial charge is 0.143 e. The van der Waals surface area contributed by atoms with Gasteiger partial charge in [0.2, 0.25) is 0 Å². The highest BCUT2D eigenvalue weighted by atomic mass is 35.5. The van der Waals surface area contributed by atoms with Crippen molar-refractivity contribution in [3.05, 3.63) is 10.7 Å². The molecule has 0 aromatic carbocycles. The maximum Gasteiger partial charge on any atom is 0.161 e. The summed E-state index contributed by atoms with van der Waals surface area (Å²) in [5, 5.41) is 14.4. The lowest BCUT2D eigenvalue weighted by molar-refractivity contribution is 0.568. The molecule has 0 saturated carbocycles. The summed E-state index contributed by atoms with van der Waals surface area (Å²) in [6.45, 7) is 6.36. The summed E-state index contributed by atoms with van der Waals surface area (Å²) in [5.74, 6) is 0.571. The lowest BCUT2D eigenvalue weighted by Gasteiger charge is -2.15. The second-order valence-corrected chi connectivity index (χ2v) is 6.83. The maximum atomic E-state index is 5.69. The van der Waals surface area contributed by atoms with E-state index in [0.717, 1.165) is 27.0 Å². The molecule has 4 nitrogen and oxygen atoms in total. The molecule has 92 valence electrons. The van der Waals surface area contributed by atoms with Crippen molar-refractivity contribution in [1.82, 2.24) is 19.8 Å². The van der Waals surface area contributed by atoms with Crippen molar-refractivity contribution >= 4 is 34.5 Å². The van der Waals surface area contributed by atoms with Crippen LogP contribution < -0.4 is 0 Å². The molecule has 0 unspecified atom stereocenters. The van der Waals surface area contributed by atoms with E-state index in [0.29, 0.717) is 5.88 Å². The third-order valence-corrected chi connectivity index (χ3v) is 4.22. The Hall–Kier alpha value is -0.590. The SMILES string of the molecule is CC(C)(C)c1nnsc1-c1nnc(CCCl)s1. The van der Waals surface area contributed by atoms with E-state index >= 15 is 0 Å². The van der Waals surface area contributed by atoms with Crippen molar-refractivity contribution < 1.29 is 0 Å². The summed E-state index contributed by atoms with van der Waals surface area (Å²) in [5.41, 5.74) is 0.955. The van der Waals surface area contributed by atoms with Crippen LogP contribution in [-0.4, -0.2) is 25.7 Å². The van der Waals surface area contributed by atoms with Gasteiger partial charge in [0.25, 0.3) is 0 Å². The van der Waals surface area contributed by atoms with Crippen LogP contribution in [0, 0.1) is 0 Å². The molecule has 2 aromatic rings. The van der Waals surface area contributed by atoms with E-state index in [9.17, 15) is 0 Å². The van der Waals surface area contributed by atoms with Gasteiger partial charge in [-0.25, -0.2) is 0 Å². The van der Waals surface area contributed by atoms with Gasteiger partial charge in [-0.15, -0.1) is 26.9 Å². The first-order valence-electron chi connectivity index (χ1n) is 5.24. The van der Waals surface area contributed by atoms with Gasteiger partial charge in [0, 0.05) is 17.7 Å². The van der Waals surface area contributed by atoms with Crippen molar-refractivity contribution in [2.24, 2.45) is 0 Å². The topological polar surface area (TPSA) is 51.6 Å². The minimum Gasteiger partial charge on any atom is -0.143 e. The molecule has 2 aromatic heterocycles.